The molecule has 2 aliphatic rings. The second-order valence-corrected chi connectivity index (χ2v) is 12.4. The van der Waals surface area contributed by atoms with Crippen molar-refractivity contribution >= 4 is 50.5 Å². The Labute approximate surface area is 252 Å². The monoisotopic (exact) mass is 587 g/mol. The van der Waals surface area contributed by atoms with Gasteiger partial charge in [-0.1, -0.05) is 6.07 Å². The summed E-state index contributed by atoms with van der Waals surface area (Å²) in [5.41, 5.74) is 3.51. The van der Waals surface area contributed by atoms with Crippen LogP contribution in [0.1, 0.15) is 51.3 Å². The number of pyridine rings is 1. The number of thiophene rings is 1. The van der Waals surface area contributed by atoms with E-state index in [0.29, 0.717) is 24.2 Å². The number of methoxy groups -OCH3 is 1. The first kappa shape index (κ1) is 28.6. The van der Waals surface area contributed by atoms with Gasteiger partial charge in [0.15, 0.2) is 0 Å². The van der Waals surface area contributed by atoms with Gasteiger partial charge in [0.2, 0.25) is 5.95 Å². The lowest BCUT2D eigenvalue weighted by Gasteiger charge is -2.43. The maximum absolute atomic E-state index is 5.93. The van der Waals surface area contributed by atoms with Crippen molar-refractivity contribution in [2.75, 3.05) is 55.4 Å². The Morgan fingerprint density at radius 1 is 1.02 bits per heavy atom. The standard InChI is InChI=1S/C32H41N7O2S/c1-6-41-32(3,4)26-9-7-10-27(34-26)35-29-28-21(2)20-42-30(28)37-31(36-29)33-22-11-12-24(25(19-22)40-5)39-17-13-23(14-18-39)38-15-8-16-38/h7,9-12,19-20,23H,6,8,13-18H2,1-5H3,(H2,33,34,35,36,37). The molecule has 4 aromatic rings. The van der Waals surface area contributed by atoms with Gasteiger partial charge in [-0.05, 0) is 95.3 Å². The number of nitrogens with one attached hydrogen (secondary N) is 2. The van der Waals surface area contributed by atoms with Gasteiger partial charge in [-0.2, -0.15) is 4.98 Å². The second-order valence-electron chi connectivity index (χ2n) is 11.6. The lowest BCUT2D eigenvalue weighted by molar-refractivity contribution is -0.0171. The summed E-state index contributed by atoms with van der Waals surface area (Å²) in [6.07, 6.45) is 3.75. The average molecular weight is 588 g/mol. The summed E-state index contributed by atoms with van der Waals surface area (Å²) < 4.78 is 11.8. The van der Waals surface area contributed by atoms with Crippen molar-refractivity contribution in [2.45, 2.75) is 58.6 Å². The Morgan fingerprint density at radius 3 is 2.55 bits per heavy atom. The molecule has 2 saturated heterocycles. The Kier molecular flexibility index (Phi) is 8.20. The fraction of sp³-hybridized carbons (Fsp3) is 0.469. The molecule has 0 bridgehead atoms. The summed E-state index contributed by atoms with van der Waals surface area (Å²) in [5, 5.41) is 10.00. The highest BCUT2D eigenvalue weighted by atomic mass is 32.1. The van der Waals surface area contributed by atoms with E-state index in [1.54, 1.807) is 18.4 Å². The summed E-state index contributed by atoms with van der Waals surface area (Å²) in [5.74, 6) is 2.80. The van der Waals surface area contributed by atoms with E-state index in [1.165, 1.54) is 32.4 Å². The molecule has 2 aliphatic heterocycles. The van der Waals surface area contributed by atoms with Gasteiger partial charge in [0.05, 0.1) is 23.9 Å². The van der Waals surface area contributed by atoms with Crippen LogP contribution in [0.4, 0.5) is 29.0 Å². The molecule has 0 atom stereocenters. The van der Waals surface area contributed by atoms with E-state index in [9.17, 15) is 0 Å². The Morgan fingerprint density at radius 2 is 1.83 bits per heavy atom. The molecule has 6 rings (SSSR count). The Hall–Kier alpha value is -3.47. The van der Waals surface area contributed by atoms with Crippen LogP contribution in [0.5, 0.6) is 5.75 Å². The van der Waals surface area contributed by atoms with Crippen molar-refractivity contribution in [3.8, 4) is 5.75 Å². The van der Waals surface area contributed by atoms with E-state index in [-0.39, 0.29) is 0 Å². The maximum Gasteiger partial charge on any atom is 0.230 e. The highest BCUT2D eigenvalue weighted by Crippen LogP contribution is 2.36. The van der Waals surface area contributed by atoms with Gasteiger partial charge in [-0.25, -0.2) is 9.97 Å². The number of aryl methyl sites for hydroxylation is 1. The predicted molar refractivity (Wildman–Crippen MR) is 172 cm³/mol. The van der Waals surface area contributed by atoms with Crippen LogP contribution in [-0.4, -0.2) is 65.8 Å². The highest BCUT2D eigenvalue weighted by Gasteiger charge is 2.29. The number of hydrogen-bond acceptors (Lipinski definition) is 10. The summed E-state index contributed by atoms with van der Waals surface area (Å²) in [4.78, 5) is 20.6. The molecule has 10 heteroatoms. The molecule has 5 heterocycles. The molecule has 0 spiro atoms. The topological polar surface area (TPSA) is 87.7 Å². The second kappa shape index (κ2) is 12.0. The Balaban J connectivity index is 1.23. The van der Waals surface area contributed by atoms with E-state index >= 15 is 0 Å². The number of likely N-dealkylation sites (tertiary alicyclic amines) is 1. The molecule has 0 saturated carbocycles. The lowest BCUT2D eigenvalue weighted by Crippen LogP contribution is -2.50. The minimum Gasteiger partial charge on any atom is -0.495 e. The molecule has 1 aromatic carbocycles. The molecule has 222 valence electrons. The quantitative estimate of drug-likeness (QED) is 0.207. The third kappa shape index (κ3) is 5.88. The number of piperidine rings is 1. The third-order valence-electron chi connectivity index (χ3n) is 8.38. The number of benzene rings is 1. The summed E-state index contributed by atoms with van der Waals surface area (Å²) >= 11 is 1.61. The first-order chi connectivity index (χ1) is 20.3. The lowest BCUT2D eigenvalue weighted by atomic mass is 9.99. The van der Waals surface area contributed by atoms with E-state index in [4.69, 9.17) is 24.4 Å². The maximum atomic E-state index is 5.93. The first-order valence-corrected chi connectivity index (χ1v) is 15.8. The van der Waals surface area contributed by atoms with Crippen LogP contribution >= 0.6 is 11.3 Å². The minimum absolute atomic E-state index is 0.492. The normalized spacial score (nSPS) is 16.5. The predicted octanol–water partition coefficient (Wildman–Crippen LogP) is 6.84. The molecule has 0 radical (unpaired) electrons. The van der Waals surface area contributed by atoms with E-state index in [0.717, 1.165) is 57.7 Å². The van der Waals surface area contributed by atoms with Gasteiger partial charge in [0.25, 0.3) is 0 Å². The van der Waals surface area contributed by atoms with Crippen LogP contribution in [0, 0.1) is 6.92 Å². The molecule has 0 amide bonds. The Bertz CT molecular complexity index is 1540. The van der Waals surface area contributed by atoms with Crippen LogP contribution in [0.15, 0.2) is 41.8 Å². The number of anilines is 5. The van der Waals surface area contributed by atoms with Crippen molar-refractivity contribution in [3.63, 3.8) is 0 Å². The number of nitrogens with zero attached hydrogens (tertiary/aromatic N) is 5. The number of aromatic nitrogens is 3. The summed E-state index contributed by atoms with van der Waals surface area (Å²) in [6, 6.07) is 12.9. The van der Waals surface area contributed by atoms with Gasteiger partial charge in [-0.3, -0.25) is 0 Å². The van der Waals surface area contributed by atoms with E-state index in [1.807, 2.05) is 45.0 Å². The van der Waals surface area contributed by atoms with Crippen LogP contribution in [0.25, 0.3) is 10.2 Å². The molecule has 0 unspecified atom stereocenters. The zero-order valence-corrected chi connectivity index (χ0v) is 26.1. The fourth-order valence-electron chi connectivity index (χ4n) is 5.95. The number of ether oxygens (including phenoxy) is 2. The van der Waals surface area contributed by atoms with Gasteiger partial charge >= 0.3 is 0 Å². The average Bonchev–Trinajstić information content (AvgIpc) is 3.33. The van der Waals surface area contributed by atoms with Crippen LogP contribution < -0.4 is 20.3 Å². The van der Waals surface area contributed by atoms with Gasteiger partial charge in [-0.15, -0.1) is 11.3 Å². The van der Waals surface area contributed by atoms with Gasteiger partial charge < -0.3 is 29.9 Å². The highest BCUT2D eigenvalue weighted by molar-refractivity contribution is 7.17. The van der Waals surface area contributed by atoms with Gasteiger partial charge in [0, 0.05) is 37.5 Å². The molecular formula is C32H41N7O2S. The molecule has 2 N–H and O–H groups in total. The zero-order valence-electron chi connectivity index (χ0n) is 25.2. The molecule has 42 heavy (non-hydrogen) atoms. The first-order valence-electron chi connectivity index (χ1n) is 14.9. The SMILES string of the molecule is CCOC(C)(C)c1cccc(Nc2nc(Nc3ccc(N4CCC(N5CCC5)CC4)c(OC)c3)nc3scc(C)c23)n1. The van der Waals surface area contributed by atoms with Crippen molar-refractivity contribution < 1.29 is 9.47 Å². The molecule has 3 aromatic heterocycles. The molecular weight excluding hydrogens is 546 g/mol. The number of fused-ring (bicyclic) bond motifs is 1. The van der Waals surface area contributed by atoms with E-state index in [2.05, 4.69) is 44.9 Å². The summed E-state index contributed by atoms with van der Waals surface area (Å²) in [7, 11) is 1.74. The van der Waals surface area contributed by atoms with Crippen molar-refractivity contribution in [3.05, 3.63) is 53.0 Å². The van der Waals surface area contributed by atoms with E-state index < -0.39 is 5.60 Å². The zero-order chi connectivity index (χ0) is 29.3. The minimum atomic E-state index is -0.492. The van der Waals surface area contributed by atoms with Crippen molar-refractivity contribution in [1.29, 1.82) is 0 Å². The molecule has 9 nitrogen and oxygen atoms in total. The third-order valence-corrected chi connectivity index (χ3v) is 9.37. The fourth-order valence-corrected chi connectivity index (χ4v) is 6.87. The van der Waals surface area contributed by atoms with Crippen LogP contribution in [0.3, 0.4) is 0 Å². The molecule has 2 fully saturated rings. The summed E-state index contributed by atoms with van der Waals surface area (Å²) in [6.45, 7) is 13.4. The number of hydrogen-bond donors (Lipinski definition) is 2. The largest absolute Gasteiger partial charge is 0.495 e. The van der Waals surface area contributed by atoms with Crippen molar-refractivity contribution in [2.24, 2.45) is 0 Å². The van der Waals surface area contributed by atoms with Crippen molar-refractivity contribution in [1.82, 2.24) is 19.9 Å². The number of rotatable bonds is 10. The van der Waals surface area contributed by atoms with Crippen LogP contribution in [-0.2, 0) is 10.3 Å². The van der Waals surface area contributed by atoms with Gasteiger partial charge in [0.1, 0.15) is 27.8 Å². The van der Waals surface area contributed by atoms with Crippen LogP contribution in [0.2, 0.25) is 0 Å². The smallest absolute Gasteiger partial charge is 0.230 e. The molecule has 0 aliphatic carbocycles.